The van der Waals surface area contributed by atoms with Crippen molar-refractivity contribution in [2.24, 2.45) is 5.73 Å². The van der Waals surface area contributed by atoms with E-state index in [1.807, 2.05) is 61.5 Å². The van der Waals surface area contributed by atoms with Crippen LogP contribution in [0.2, 0.25) is 0 Å². The molecule has 4 rings (SSSR count). The number of carbonyl (C=O) groups is 2. The van der Waals surface area contributed by atoms with Crippen LogP contribution in [0.3, 0.4) is 0 Å². The molecule has 0 saturated heterocycles. The maximum absolute atomic E-state index is 13.3. The van der Waals surface area contributed by atoms with Gasteiger partial charge in [0.25, 0.3) is 5.91 Å². The monoisotopic (exact) mass is 442 g/mol. The SMILES string of the molecule is CCOC(=O)Cc1cccc(C)c1NC(=O)c1cc(-c2cccc(CN)c2)c2occc2c1. The van der Waals surface area contributed by atoms with Crippen molar-refractivity contribution >= 4 is 28.5 Å². The van der Waals surface area contributed by atoms with Gasteiger partial charge in [-0.15, -0.1) is 0 Å². The summed E-state index contributed by atoms with van der Waals surface area (Å²) < 4.78 is 10.8. The summed E-state index contributed by atoms with van der Waals surface area (Å²) in [7, 11) is 0. The fourth-order valence-electron chi connectivity index (χ4n) is 3.90. The number of aryl methyl sites for hydroxylation is 1. The van der Waals surface area contributed by atoms with Gasteiger partial charge in [0.05, 0.1) is 19.3 Å². The van der Waals surface area contributed by atoms with Gasteiger partial charge in [-0.2, -0.15) is 0 Å². The molecule has 6 nitrogen and oxygen atoms in total. The lowest BCUT2D eigenvalue weighted by atomic mass is 9.98. The number of nitrogens with two attached hydrogens (primary N) is 1. The molecule has 0 bridgehead atoms. The third-order valence-corrected chi connectivity index (χ3v) is 5.52. The molecule has 33 heavy (non-hydrogen) atoms. The van der Waals surface area contributed by atoms with Crippen LogP contribution in [-0.4, -0.2) is 18.5 Å². The van der Waals surface area contributed by atoms with E-state index in [1.165, 1.54) is 0 Å². The smallest absolute Gasteiger partial charge is 0.310 e. The fraction of sp³-hybridized carbons (Fsp3) is 0.185. The molecule has 1 aromatic heterocycles. The lowest BCUT2D eigenvalue weighted by Gasteiger charge is -2.14. The van der Waals surface area contributed by atoms with Crippen molar-refractivity contribution in [1.29, 1.82) is 0 Å². The molecule has 0 aliphatic heterocycles. The second-order valence-electron chi connectivity index (χ2n) is 7.81. The van der Waals surface area contributed by atoms with Gasteiger partial charge in [-0.05, 0) is 60.4 Å². The molecule has 3 N–H and O–H groups in total. The summed E-state index contributed by atoms with van der Waals surface area (Å²) >= 11 is 0. The number of rotatable bonds is 7. The Kier molecular flexibility index (Phi) is 6.56. The van der Waals surface area contributed by atoms with Crippen LogP contribution >= 0.6 is 0 Å². The number of fused-ring (bicyclic) bond motifs is 1. The zero-order valence-electron chi connectivity index (χ0n) is 18.7. The topological polar surface area (TPSA) is 94.6 Å². The molecule has 6 heteroatoms. The Morgan fingerprint density at radius 3 is 2.67 bits per heavy atom. The summed E-state index contributed by atoms with van der Waals surface area (Å²) in [4.78, 5) is 25.4. The van der Waals surface area contributed by atoms with Crippen LogP contribution in [-0.2, 0) is 22.5 Å². The number of furan rings is 1. The molecule has 1 amide bonds. The van der Waals surface area contributed by atoms with Crippen molar-refractivity contribution in [3.05, 3.63) is 89.2 Å². The van der Waals surface area contributed by atoms with Gasteiger partial charge in [-0.3, -0.25) is 9.59 Å². The molecule has 168 valence electrons. The molecule has 3 aromatic carbocycles. The first-order chi connectivity index (χ1) is 16.0. The zero-order valence-corrected chi connectivity index (χ0v) is 18.7. The first-order valence-corrected chi connectivity index (χ1v) is 10.9. The van der Waals surface area contributed by atoms with E-state index in [4.69, 9.17) is 14.9 Å². The van der Waals surface area contributed by atoms with E-state index in [9.17, 15) is 9.59 Å². The molecule has 0 radical (unpaired) electrons. The predicted octanol–water partition coefficient (Wildman–Crippen LogP) is 5.22. The summed E-state index contributed by atoms with van der Waals surface area (Å²) in [5.74, 6) is -0.603. The quantitative estimate of drug-likeness (QED) is 0.383. The highest BCUT2D eigenvalue weighted by Crippen LogP contribution is 2.32. The normalized spacial score (nSPS) is 10.9. The van der Waals surface area contributed by atoms with Crippen molar-refractivity contribution in [1.82, 2.24) is 0 Å². The van der Waals surface area contributed by atoms with Crippen LogP contribution in [0, 0.1) is 6.92 Å². The van der Waals surface area contributed by atoms with Gasteiger partial charge in [-0.25, -0.2) is 0 Å². The second-order valence-corrected chi connectivity index (χ2v) is 7.81. The van der Waals surface area contributed by atoms with E-state index in [0.717, 1.165) is 27.6 Å². The lowest BCUT2D eigenvalue weighted by molar-refractivity contribution is -0.142. The molecule has 0 aliphatic rings. The minimum Gasteiger partial charge on any atom is -0.466 e. The highest BCUT2D eigenvalue weighted by atomic mass is 16.5. The molecule has 0 atom stereocenters. The Balaban J connectivity index is 1.71. The number of carbonyl (C=O) groups excluding carboxylic acids is 2. The van der Waals surface area contributed by atoms with Gasteiger partial charge in [0.2, 0.25) is 0 Å². The van der Waals surface area contributed by atoms with Crippen molar-refractivity contribution < 1.29 is 18.7 Å². The number of nitrogens with one attached hydrogen (secondary N) is 1. The molecule has 0 spiro atoms. The third-order valence-electron chi connectivity index (χ3n) is 5.52. The van der Waals surface area contributed by atoms with E-state index >= 15 is 0 Å². The van der Waals surface area contributed by atoms with E-state index in [-0.39, 0.29) is 18.3 Å². The average molecular weight is 443 g/mol. The standard InChI is InChI=1S/C27H26N2O4/c1-3-32-24(30)15-20-9-4-6-17(2)25(20)29-27(31)22-13-21-10-11-33-26(21)23(14-22)19-8-5-7-18(12-19)16-28/h4-14H,3,15-16,28H2,1-2H3,(H,29,31). The molecular formula is C27H26N2O4. The van der Waals surface area contributed by atoms with Crippen LogP contribution in [0.1, 0.15) is 34.0 Å². The van der Waals surface area contributed by atoms with Gasteiger partial charge in [0.15, 0.2) is 0 Å². The van der Waals surface area contributed by atoms with Crippen LogP contribution < -0.4 is 11.1 Å². The Morgan fingerprint density at radius 1 is 1.06 bits per heavy atom. The number of para-hydroxylation sites is 1. The maximum Gasteiger partial charge on any atom is 0.310 e. The fourth-order valence-corrected chi connectivity index (χ4v) is 3.90. The van der Waals surface area contributed by atoms with E-state index < -0.39 is 0 Å². The molecule has 0 saturated carbocycles. The molecule has 4 aromatic rings. The van der Waals surface area contributed by atoms with Crippen molar-refractivity contribution in [2.45, 2.75) is 26.8 Å². The van der Waals surface area contributed by atoms with Gasteiger partial charge in [-0.1, -0.05) is 36.4 Å². The van der Waals surface area contributed by atoms with E-state index in [0.29, 0.717) is 35.5 Å². The Morgan fingerprint density at radius 2 is 1.88 bits per heavy atom. The molecule has 0 fully saturated rings. The summed E-state index contributed by atoms with van der Waals surface area (Å²) in [6.07, 6.45) is 1.70. The number of hydrogen-bond acceptors (Lipinski definition) is 5. The number of anilines is 1. The lowest BCUT2D eigenvalue weighted by Crippen LogP contribution is -2.16. The summed E-state index contributed by atoms with van der Waals surface area (Å²) in [5, 5.41) is 3.83. The van der Waals surface area contributed by atoms with E-state index in [1.54, 1.807) is 19.3 Å². The van der Waals surface area contributed by atoms with Crippen molar-refractivity contribution in [3.63, 3.8) is 0 Å². The van der Waals surface area contributed by atoms with Gasteiger partial charge in [0.1, 0.15) is 5.58 Å². The number of benzene rings is 3. The summed E-state index contributed by atoms with van der Waals surface area (Å²) in [5.41, 5.74) is 11.9. The molecule has 0 unspecified atom stereocenters. The molecular weight excluding hydrogens is 416 g/mol. The first kappa shape index (κ1) is 22.3. The maximum atomic E-state index is 13.3. The van der Waals surface area contributed by atoms with Gasteiger partial charge in [0, 0.05) is 28.7 Å². The van der Waals surface area contributed by atoms with Crippen molar-refractivity contribution in [2.75, 3.05) is 11.9 Å². The Labute approximate surface area is 192 Å². The van der Waals surface area contributed by atoms with Gasteiger partial charge >= 0.3 is 5.97 Å². The Hall–Kier alpha value is -3.90. The van der Waals surface area contributed by atoms with Crippen LogP contribution in [0.25, 0.3) is 22.1 Å². The summed E-state index contributed by atoms with van der Waals surface area (Å²) in [6, 6.07) is 18.9. The molecule has 1 heterocycles. The number of ether oxygens (including phenoxy) is 1. The highest BCUT2D eigenvalue weighted by molar-refractivity contribution is 6.09. The van der Waals surface area contributed by atoms with Crippen molar-refractivity contribution in [3.8, 4) is 11.1 Å². The minimum atomic E-state index is -0.333. The van der Waals surface area contributed by atoms with E-state index in [2.05, 4.69) is 5.32 Å². The zero-order chi connectivity index (χ0) is 23.4. The van der Waals surface area contributed by atoms with Crippen LogP contribution in [0.15, 0.2) is 71.3 Å². The van der Waals surface area contributed by atoms with Crippen LogP contribution in [0.4, 0.5) is 5.69 Å². The highest BCUT2D eigenvalue weighted by Gasteiger charge is 2.17. The first-order valence-electron chi connectivity index (χ1n) is 10.9. The second kappa shape index (κ2) is 9.71. The third kappa shape index (κ3) is 4.81. The van der Waals surface area contributed by atoms with Gasteiger partial charge < -0.3 is 20.2 Å². The average Bonchev–Trinajstić information content (AvgIpc) is 3.29. The minimum absolute atomic E-state index is 0.0863. The number of hydrogen-bond donors (Lipinski definition) is 2. The largest absolute Gasteiger partial charge is 0.466 e. The molecule has 0 aliphatic carbocycles. The number of amides is 1. The predicted molar refractivity (Wildman–Crippen MR) is 129 cm³/mol. The van der Waals surface area contributed by atoms with Crippen LogP contribution in [0.5, 0.6) is 0 Å². The number of esters is 1. The Bertz CT molecular complexity index is 1320. The summed E-state index contributed by atoms with van der Waals surface area (Å²) in [6.45, 7) is 4.40.